The zero-order valence-electron chi connectivity index (χ0n) is 15.1. The number of hydrogen-bond donors (Lipinski definition) is 5. The fourth-order valence-corrected chi connectivity index (χ4v) is 2.62. The number of carbonyl (C=O) groups excluding carboxylic acids is 1. The van der Waals surface area contributed by atoms with E-state index in [2.05, 4.69) is 25.6 Å². The lowest BCUT2D eigenvalue weighted by atomic mass is 10.1. The molecule has 0 unspecified atom stereocenters. The minimum Gasteiger partial charge on any atom is -0.387 e. The maximum atomic E-state index is 13.4. The Hall–Kier alpha value is -3.33. The van der Waals surface area contributed by atoms with Gasteiger partial charge in [-0.15, -0.1) is 0 Å². The van der Waals surface area contributed by atoms with Crippen molar-refractivity contribution in [1.29, 1.82) is 5.41 Å². The third kappa shape index (κ3) is 3.77. The SMILES string of the molecule is CNc1cc(F)ccc1C(=N)c1cnc2[nH]cc(C(=O)NC(C)(C)N)c2n1. The summed E-state index contributed by atoms with van der Waals surface area (Å²) in [5.74, 6) is -0.809. The predicted molar refractivity (Wildman–Crippen MR) is 101 cm³/mol. The number of carbonyl (C=O) groups is 1. The second-order valence-electron chi connectivity index (χ2n) is 6.65. The van der Waals surface area contributed by atoms with Gasteiger partial charge in [-0.05, 0) is 32.0 Å². The van der Waals surface area contributed by atoms with E-state index in [1.165, 1.54) is 30.6 Å². The molecular formula is C18H20FN7O. The van der Waals surface area contributed by atoms with Crippen molar-refractivity contribution >= 4 is 28.5 Å². The van der Waals surface area contributed by atoms with Gasteiger partial charge in [-0.25, -0.2) is 14.4 Å². The van der Waals surface area contributed by atoms with E-state index in [0.717, 1.165) is 0 Å². The molecule has 0 saturated carbocycles. The average Bonchev–Trinajstić information content (AvgIpc) is 3.02. The third-order valence-electron chi connectivity index (χ3n) is 3.84. The topological polar surface area (TPSA) is 133 Å². The van der Waals surface area contributed by atoms with Gasteiger partial charge in [0.05, 0.1) is 23.1 Å². The van der Waals surface area contributed by atoms with Crippen LogP contribution in [0.5, 0.6) is 0 Å². The molecule has 1 aromatic carbocycles. The van der Waals surface area contributed by atoms with Gasteiger partial charge in [0.15, 0.2) is 5.65 Å². The third-order valence-corrected chi connectivity index (χ3v) is 3.84. The molecular weight excluding hydrogens is 349 g/mol. The van der Waals surface area contributed by atoms with Gasteiger partial charge >= 0.3 is 0 Å². The fraction of sp³-hybridized carbons (Fsp3) is 0.222. The van der Waals surface area contributed by atoms with Crippen molar-refractivity contribution < 1.29 is 9.18 Å². The Morgan fingerprint density at radius 1 is 1.33 bits per heavy atom. The van der Waals surface area contributed by atoms with Crippen molar-refractivity contribution in [2.45, 2.75) is 19.5 Å². The van der Waals surface area contributed by atoms with Crippen molar-refractivity contribution in [2.75, 3.05) is 12.4 Å². The summed E-state index contributed by atoms with van der Waals surface area (Å²) in [6, 6.07) is 4.07. The normalized spacial score (nSPS) is 11.4. The minimum atomic E-state index is -0.895. The predicted octanol–water partition coefficient (Wildman–Crippen LogP) is 1.98. The number of benzene rings is 1. The minimum absolute atomic E-state index is 0.0560. The number of nitrogens with two attached hydrogens (primary N) is 1. The Kier molecular flexibility index (Phi) is 4.63. The van der Waals surface area contributed by atoms with Crippen LogP contribution in [0.15, 0.2) is 30.6 Å². The highest BCUT2D eigenvalue weighted by atomic mass is 19.1. The van der Waals surface area contributed by atoms with E-state index in [1.807, 2.05) is 0 Å². The molecule has 27 heavy (non-hydrogen) atoms. The molecule has 0 bridgehead atoms. The Bertz CT molecular complexity index is 1040. The number of fused-ring (bicyclic) bond motifs is 1. The first kappa shape index (κ1) is 18.5. The van der Waals surface area contributed by atoms with E-state index in [9.17, 15) is 9.18 Å². The van der Waals surface area contributed by atoms with Crippen LogP contribution in [-0.2, 0) is 0 Å². The standard InChI is InChI=1S/C18H20FN7O/c1-18(2,21)26-17(27)11-7-23-16-15(11)25-13(8-24-16)14(20)10-5-4-9(19)6-12(10)22-3/h4-8,20,22H,21H2,1-3H3,(H,23,24)(H,26,27). The van der Waals surface area contributed by atoms with E-state index in [0.29, 0.717) is 22.4 Å². The summed E-state index contributed by atoms with van der Waals surface area (Å²) in [5.41, 5.74) is 7.20. The van der Waals surface area contributed by atoms with Crippen molar-refractivity contribution in [3.05, 3.63) is 53.2 Å². The molecule has 0 atom stereocenters. The molecule has 0 spiro atoms. The quantitative estimate of drug-likeness (QED) is 0.346. The van der Waals surface area contributed by atoms with Crippen LogP contribution in [-0.4, -0.2) is 39.3 Å². The first-order valence-corrected chi connectivity index (χ1v) is 8.21. The van der Waals surface area contributed by atoms with E-state index in [-0.39, 0.29) is 17.0 Å². The number of rotatable bonds is 5. The Balaban J connectivity index is 2.03. The smallest absolute Gasteiger partial charge is 0.256 e. The molecule has 6 N–H and O–H groups in total. The van der Waals surface area contributed by atoms with E-state index < -0.39 is 17.4 Å². The summed E-state index contributed by atoms with van der Waals surface area (Å²) in [7, 11) is 1.64. The van der Waals surface area contributed by atoms with Crippen LogP contribution in [0.3, 0.4) is 0 Å². The molecule has 9 heteroatoms. The summed E-state index contributed by atoms with van der Waals surface area (Å²) in [4.78, 5) is 24.0. The number of H-pyrrole nitrogens is 1. The summed E-state index contributed by atoms with van der Waals surface area (Å²) in [5, 5.41) is 14.0. The van der Waals surface area contributed by atoms with Crippen LogP contribution in [0.1, 0.15) is 35.5 Å². The largest absolute Gasteiger partial charge is 0.387 e. The molecule has 0 saturated heterocycles. The molecule has 2 aromatic heterocycles. The fourth-order valence-electron chi connectivity index (χ4n) is 2.62. The summed E-state index contributed by atoms with van der Waals surface area (Å²) in [6.07, 6.45) is 2.93. The number of anilines is 1. The zero-order chi connectivity index (χ0) is 19.8. The molecule has 0 aliphatic carbocycles. The van der Waals surface area contributed by atoms with Gasteiger partial charge in [0.2, 0.25) is 0 Å². The molecule has 2 heterocycles. The van der Waals surface area contributed by atoms with E-state index >= 15 is 0 Å². The van der Waals surface area contributed by atoms with E-state index in [1.54, 1.807) is 20.9 Å². The molecule has 1 amide bonds. The lowest BCUT2D eigenvalue weighted by molar-refractivity contribution is 0.0917. The van der Waals surface area contributed by atoms with Gasteiger partial charge in [0.25, 0.3) is 5.91 Å². The van der Waals surface area contributed by atoms with Crippen molar-refractivity contribution in [3.8, 4) is 0 Å². The number of nitrogens with zero attached hydrogens (tertiary/aromatic N) is 2. The van der Waals surface area contributed by atoms with Crippen LogP contribution < -0.4 is 16.4 Å². The Morgan fingerprint density at radius 3 is 2.74 bits per heavy atom. The van der Waals surface area contributed by atoms with Gasteiger partial charge in [-0.1, -0.05) is 0 Å². The van der Waals surface area contributed by atoms with Crippen molar-refractivity contribution in [2.24, 2.45) is 5.73 Å². The van der Waals surface area contributed by atoms with Gasteiger partial charge < -0.3 is 21.4 Å². The first-order valence-electron chi connectivity index (χ1n) is 8.21. The number of aromatic nitrogens is 3. The number of nitrogens with one attached hydrogen (secondary N) is 4. The van der Waals surface area contributed by atoms with Crippen LogP contribution in [0, 0.1) is 11.2 Å². The molecule has 0 fully saturated rings. The number of hydrogen-bond acceptors (Lipinski definition) is 6. The molecule has 0 aliphatic heterocycles. The van der Waals surface area contributed by atoms with Gasteiger partial charge in [-0.2, -0.15) is 0 Å². The number of aromatic amines is 1. The van der Waals surface area contributed by atoms with Gasteiger partial charge in [-0.3, -0.25) is 10.2 Å². The van der Waals surface area contributed by atoms with Crippen LogP contribution in [0.2, 0.25) is 0 Å². The summed E-state index contributed by atoms with van der Waals surface area (Å²) < 4.78 is 13.4. The lowest BCUT2D eigenvalue weighted by Crippen LogP contribution is -2.50. The van der Waals surface area contributed by atoms with E-state index in [4.69, 9.17) is 11.1 Å². The molecule has 8 nitrogen and oxygen atoms in total. The van der Waals surface area contributed by atoms with Crippen LogP contribution in [0.25, 0.3) is 11.2 Å². The zero-order valence-corrected chi connectivity index (χ0v) is 15.1. The maximum Gasteiger partial charge on any atom is 0.256 e. The lowest BCUT2D eigenvalue weighted by Gasteiger charge is -2.20. The number of halogens is 1. The van der Waals surface area contributed by atoms with Gasteiger partial charge in [0.1, 0.15) is 17.0 Å². The van der Waals surface area contributed by atoms with Gasteiger partial charge in [0, 0.05) is 24.5 Å². The van der Waals surface area contributed by atoms with Crippen LogP contribution in [0.4, 0.5) is 10.1 Å². The Labute approximate surface area is 154 Å². The number of amides is 1. The monoisotopic (exact) mass is 369 g/mol. The molecule has 0 radical (unpaired) electrons. The maximum absolute atomic E-state index is 13.4. The second kappa shape index (κ2) is 6.76. The highest BCUT2D eigenvalue weighted by molar-refractivity contribution is 6.14. The highest BCUT2D eigenvalue weighted by Crippen LogP contribution is 2.21. The molecule has 140 valence electrons. The van der Waals surface area contributed by atoms with Crippen molar-refractivity contribution in [1.82, 2.24) is 20.3 Å². The van der Waals surface area contributed by atoms with Crippen molar-refractivity contribution in [3.63, 3.8) is 0 Å². The first-order chi connectivity index (χ1) is 12.7. The summed E-state index contributed by atoms with van der Waals surface area (Å²) in [6.45, 7) is 3.33. The molecule has 3 rings (SSSR count). The molecule has 0 aliphatic rings. The Morgan fingerprint density at radius 2 is 2.07 bits per heavy atom. The summed E-state index contributed by atoms with van der Waals surface area (Å²) >= 11 is 0. The highest BCUT2D eigenvalue weighted by Gasteiger charge is 2.21. The van der Waals surface area contributed by atoms with Crippen LogP contribution >= 0.6 is 0 Å². The average molecular weight is 369 g/mol. The molecule has 3 aromatic rings. The second-order valence-corrected chi connectivity index (χ2v) is 6.65.